The molecule has 1 amide bonds. The van der Waals surface area contributed by atoms with Gasteiger partial charge in [-0.3, -0.25) is 9.69 Å². The lowest BCUT2D eigenvalue weighted by Gasteiger charge is -2.39. The quantitative estimate of drug-likeness (QED) is 0.657. The number of rotatable bonds is 0. The van der Waals surface area contributed by atoms with Crippen LogP contribution in [-0.4, -0.2) is 36.8 Å². The molecule has 4 nitrogen and oxygen atoms in total. The molecular formula is C12H13NO3. The van der Waals surface area contributed by atoms with E-state index < -0.39 is 0 Å². The molecule has 16 heavy (non-hydrogen) atoms. The highest BCUT2D eigenvalue weighted by molar-refractivity contribution is 5.98. The number of aryl methyl sites for hydroxylation is 1. The number of hydrogen-bond acceptors (Lipinski definition) is 3. The number of morpholine rings is 1. The largest absolute Gasteiger partial charge is 0.467 e. The zero-order valence-corrected chi connectivity index (χ0v) is 9.10. The van der Waals surface area contributed by atoms with Gasteiger partial charge in [0.25, 0.3) is 5.91 Å². The molecule has 1 aromatic rings. The number of fused-ring (bicyclic) bond motifs is 2. The highest BCUT2D eigenvalue weighted by atomic mass is 16.6. The maximum absolute atomic E-state index is 12.2. The molecule has 1 aromatic carbocycles. The van der Waals surface area contributed by atoms with E-state index in [4.69, 9.17) is 9.47 Å². The molecule has 1 saturated heterocycles. The van der Waals surface area contributed by atoms with E-state index in [1.807, 2.05) is 25.1 Å². The van der Waals surface area contributed by atoms with E-state index in [1.165, 1.54) is 0 Å². The first-order chi connectivity index (χ1) is 7.75. The third-order valence-electron chi connectivity index (χ3n) is 2.98. The number of benzene rings is 1. The van der Waals surface area contributed by atoms with Crippen LogP contribution in [0.25, 0.3) is 0 Å². The van der Waals surface area contributed by atoms with Crippen molar-refractivity contribution >= 4 is 5.91 Å². The van der Waals surface area contributed by atoms with Crippen molar-refractivity contribution < 1.29 is 14.3 Å². The summed E-state index contributed by atoms with van der Waals surface area (Å²) in [6, 6.07) is 5.67. The van der Waals surface area contributed by atoms with Crippen LogP contribution >= 0.6 is 0 Å². The Morgan fingerprint density at radius 3 is 3.19 bits per heavy atom. The Balaban J connectivity index is 2.03. The van der Waals surface area contributed by atoms with E-state index in [0.717, 1.165) is 5.56 Å². The molecule has 1 unspecified atom stereocenters. The number of carbonyl (C=O) groups is 1. The van der Waals surface area contributed by atoms with Crippen LogP contribution in [0.5, 0.6) is 5.75 Å². The second-order valence-electron chi connectivity index (χ2n) is 4.15. The van der Waals surface area contributed by atoms with Gasteiger partial charge in [0.05, 0.1) is 12.2 Å². The minimum Gasteiger partial charge on any atom is -0.467 e. The number of nitrogens with zero attached hydrogens (tertiary/aromatic N) is 1. The predicted molar refractivity (Wildman–Crippen MR) is 57.5 cm³/mol. The SMILES string of the molecule is Cc1ccc2c(c1)OC1COCCN1C2=O. The van der Waals surface area contributed by atoms with Gasteiger partial charge in [0.15, 0.2) is 6.23 Å². The number of ether oxygens (including phenoxy) is 2. The van der Waals surface area contributed by atoms with Gasteiger partial charge < -0.3 is 9.47 Å². The van der Waals surface area contributed by atoms with E-state index in [2.05, 4.69) is 0 Å². The fourth-order valence-electron chi connectivity index (χ4n) is 2.12. The summed E-state index contributed by atoms with van der Waals surface area (Å²) in [4.78, 5) is 13.9. The van der Waals surface area contributed by atoms with Gasteiger partial charge in [-0.05, 0) is 24.6 Å². The van der Waals surface area contributed by atoms with Crippen LogP contribution in [-0.2, 0) is 4.74 Å². The van der Waals surface area contributed by atoms with E-state index in [1.54, 1.807) is 4.90 Å². The Morgan fingerprint density at radius 1 is 1.44 bits per heavy atom. The lowest BCUT2D eigenvalue weighted by atomic mass is 10.1. The van der Waals surface area contributed by atoms with Gasteiger partial charge >= 0.3 is 0 Å². The van der Waals surface area contributed by atoms with Crippen LogP contribution in [0, 0.1) is 6.92 Å². The molecule has 0 radical (unpaired) electrons. The number of carbonyl (C=O) groups excluding carboxylic acids is 1. The maximum atomic E-state index is 12.2. The van der Waals surface area contributed by atoms with Gasteiger partial charge in [0.2, 0.25) is 0 Å². The first-order valence-corrected chi connectivity index (χ1v) is 5.42. The summed E-state index contributed by atoms with van der Waals surface area (Å²) in [5, 5.41) is 0. The van der Waals surface area contributed by atoms with E-state index in [0.29, 0.717) is 31.1 Å². The van der Waals surface area contributed by atoms with Crippen molar-refractivity contribution in [1.29, 1.82) is 0 Å². The van der Waals surface area contributed by atoms with Crippen LogP contribution < -0.4 is 4.74 Å². The van der Waals surface area contributed by atoms with Crippen molar-refractivity contribution in [3.8, 4) is 5.75 Å². The van der Waals surface area contributed by atoms with Gasteiger partial charge in [0, 0.05) is 6.54 Å². The molecule has 2 aliphatic rings. The van der Waals surface area contributed by atoms with Crippen molar-refractivity contribution in [2.24, 2.45) is 0 Å². The molecule has 84 valence electrons. The first kappa shape index (κ1) is 9.66. The molecule has 0 aromatic heterocycles. The molecule has 2 heterocycles. The molecule has 0 aliphatic carbocycles. The molecule has 0 N–H and O–H groups in total. The second kappa shape index (κ2) is 3.49. The Labute approximate surface area is 93.8 Å². The lowest BCUT2D eigenvalue weighted by molar-refractivity contribution is -0.0814. The topological polar surface area (TPSA) is 38.8 Å². The summed E-state index contributed by atoms with van der Waals surface area (Å²) in [5.41, 5.74) is 1.75. The van der Waals surface area contributed by atoms with Crippen molar-refractivity contribution in [2.45, 2.75) is 13.2 Å². The summed E-state index contributed by atoms with van der Waals surface area (Å²) < 4.78 is 11.1. The highest BCUT2D eigenvalue weighted by Crippen LogP contribution is 2.29. The molecule has 4 heteroatoms. The molecule has 1 fully saturated rings. The Hall–Kier alpha value is -1.55. The van der Waals surface area contributed by atoms with Crippen LogP contribution in [0.3, 0.4) is 0 Å². The minimum absolute atomic E-state index is 0.0505. The molecule has 2 aliphatic heterocycles. The van der Waals surface area contributed by atoms with Gasteiger partial charge in [-0.15, -0.1) is 0 Å². The predicted octanol–water partition coefficient (Wildman–Crippen LogP) is 1.19. The van der Waals surface area contributed by atoms with Crippen LogP contribution in [0.4, 0.5) is 0 Å². The zero-order valence-electron chi connectivity index (χ0n) is 9.10. The lowest BCUT2D eigenvalue weighted by Crippen LogP contribution is -2.54. The highest BCUT2D eigenvalue weighted by Gasteiger charge is 2.35. The van der Waals surface area contributed by atoms with Gasteiger partial charge in [-0.25, -0.2) is 0 Å². The van der Waals surface area contributed by atoms with Crippen molar-refractivity contribution in [3.05, 3.63) is 29.3 Å². The zero-order chi connectivity index (χ0) is 11.1. The van der Waals surface area contributed by atoms with Crippen molar-refractivity contribution in [3.63, 3.8) is 0 Å². The molecule has 1 atom stereocenters. The summed E-state index contributed by atoms with van der Waals surface area (Å²) >= 11 is 0. The Morgan fingerprint density at radius 2 is 2.31 bits per heavy atom. The smallest absolute Gasteiger partial charge is 0.260 e. The van der Waals surface area contributed by atoms with Crippen molar-refractivity contribution in [1.82, 2.24) is 4.90 Å². The first-order valence-electron chi connectivity index (χ1n) is 5.42. The number of amides is 1. The van der Waals surface area contributed by atoms with E-state index >= 15 is 0 Å². The molecule has 0 saturated carbocycles. The fraction of sp³-hybridized carbons (Fsp3) is 0.417. The Bertz CT molecular complexity index is 444. The average molecular weight is 219 g/mol. The van der Waals surface area contributed by atoms with Gasteiger partial charge in [-0.2, -0.15) is 0 Å². The fourth-order valence-corrected chi connectivity index (χ4v) is 2.12. The summed E-state index contributed by atoms with van der Waals surface area (Å²) in [6.07, 6.45) is -0.254. The normalized spacial score (nSPS) is 23.4. The van der Waals surface area contributed by atoms with Gasteiger partial charge in [0.1, 0.15) is 12.4 Å². The summed E-state index contributed by atoms with van der Waals surface area (Å²) in [6.45, 7) is 3.64. The van der Waals surface area contributed by atoms with Crippen LogP contribution in [0.15, 0.2) is 18.2 Å². The van der Waals surface area contributed by atoms with Crippen molar-refractivity contribution in [2.75, 3.05) is 19.8 Å². The maximum Gasteiger partial charge on any atom is 0.260 e. The van der Waals surface area contributed by atoms with Crippen LogP contribution in [0.2, 0.25) is 0 Å². The number of hydrogen-bond donors (Lipinski definition) is 0. The minimum atomic E-state index is -0.254. The summed E-state index contributed by atoms with van der Waals surface area (Å²) in [7, 11) is 0. The summed E-state index contributed by atoms with van der Waals surface area (Å²) in [5.74, 6) is 0.728. The molecular weight excluding hydrogens is 206 g/mol. The standard InChI is InChI=1S/C12H13NO3/c1-8-2-3-9-10(6-8)16-11-7-15-5-4-13(11)12(9)14/h2-3,6,11H,4-5,7H2,1H3. The van der Waals surface area contributed by atoms with Crippen LogP contribution in [0.1, 0.15) is 15.9 Å². The van der Waals surface area contributed by atoms with E-state index in [-0.39, 0.29) is 12.1 Å². The van der Waals surface area contributed by atoms with E-state index in [9.17, 15) is 4.79 Å². The molecule has 3 rings (SSSR count). The third kappa shape index (κ3) is 1.38. The van der Waals surface area contributed by atoms with Gasteiger partial charge in [-0.1, -0.05) is 6.07 Å². The third-order valence-corrected chi connectivity index (χ3v) is 2.98. The molecule has 0 spiro atoms. The monoisotopic (exact) mass is 219 g/mol. The second-order valence-corrected chi connectivity index (χ2v) is 4.15. The molecule has 0 bridgehead atoms. The average Bonchev–Trinajstić information content (AvgIpc) is 2.29. The Kier molecular flexibility index (Phi) is 2.11.